The van der Waals surface area contributed by atoms with Crippen LogP contribution in [-0.2, 0) is 0 Å². The second kappa shape index (κ2) is 5.44. The van der Waals surface area contributed by atoms with E-state index in [9.17, 15) is 5.11 Å². The topological polar surface area (TPSA) is 52.5 Å². The largest absolute Gasteiger partial charge is 0.390 e. The van der Waals surface area contributed by atoms with Gasteiger partial charge in [0.25, 0.3) is 0 Å². The first-order chi connectivity index (χ1) is 10.0. The van der Waals surface area contributed by atoms with Crippen molar-refractivity contribution in [1.82, 2.24) is 9.97 Å². The molecule has 2 fully saturated rings. The average molecular weight is 290 g/mol. The Balaban J connectivity index is 1.81. The number of hydrogen-bond donors (Lipinski definition) is 1. The van der Waals surface area contributed by atoms with E-state index in [0.29, 0.717) is 11.8 Å². The lowest BCUT2D eigenvalue weighted by molar-refractivity contribution is -0.0597. The summed E-state index contributed by atoms with van der Waals surface area (Å²) in [5, 5.41) is 10.9. The summed E-state index contributed by atoms with van der Waals surface area (Å²) in [7, 11) is 3.96. The molecule has 1 saturated carbocycles. The van der Waals surface area contributed by atoms with E-state index in [0.717, 1.165) is 44.0 Å². The van der Waals surface area contributed by atoms with Gasteiger partial charge < -0.3 is 14.9 Å². The molecule has 5 heteroatoms. The van der Waals surface area contributed by atoms with Gasteiger partial charge in [-0.05, 0) is 25.2 Å². The Kier molecular flexibility index (Phi) is 3.78. The molecule has 2 aliphatic rings. The van der Waals surface area contributed by atoms with Gasteiger partial charge in [-0.2, -0.15) is 0 Å². The first-order valence-electron chi connectivity index (χ1n) is 8.00. The molecule has 1 aromatic rings. The fourth-order valence-corrected chi connectivity index (χ4v) is 3.97. The Morgan fingerprint density at radius 3 is 2.90 bits per heavy atom. The van der Waals surface area contributed by atoms with Gasteiger partial charge in [0, 0.05) is 33.1 Å². The lowest BCUT2D eigenvalue weighted by Gasteiger charge is -2.40. The van der Waals surface area contributed by atoms with Crippen LogP contribution < -0.4 is 9.80 Å². The van der Waals surface area contributed by atoms with Crippen LogP contribution in [0.5, 0.6) is 0 Å². The van der Waals surface area contributed by atoms with Crippen LogP contribution in [0, 0.1) is 11.8 Å². The highest BCUT2D eigenvalue weighted by atomic mass is 16.3. The van der Waals surface area contributed by atoms with Crippen LogP contribution in [0.4, 0.5) is 11.6 Å². The molecular weight excluding hydrogens is 264 g/mol. The maximum Gasteiger partial charge on any atom is 0.149 e. The van der Waals surface area contributed by atoms with Crippen molar-refractivity contribution in [2.75, 3.05) is 37.0 Å². The van der Waals surface area contributed by atoms with Crippen LogP contribution in [0.1, 0.15) is 32.6 Å². The van der Waals surface area contributed by atoms with Gasteiger partial charge in [0.05, 0.1) is 18.0 Å². The van der Waals surface area contributed by atoms with Crippen molar-refractivity contribution in [3.05, 3.63) is 12.4 Å². The lowest BCUT2D eigenvalue weighted by Crippen LogP contribution is -2.44. The average Bonchev–Trinajstić information content (AvgIpc) is 2.93. The molecule has 3 atom stereocenters. The molecule has 0 radical (unpaired) electrons. The molecule has 116 valence electrons. The number of hydrogen-bond acceptors (Lipinski definition) is 5. The summed E-state index contributed by atoms with van der Waals surface area (Å²) in [6.07, 6.45) is 7.80. The lowest BCUT2D eigenvalue weighted by atomic mass is 9.69. The number of rotatable bonds is 3. The van der Waals surface area contributed by atoms with E-state index < -0.39 is 5.60 Å². The summed E-state index contributed by atoms with van der Waals surface area (Å²) < 4.78 is 0. The second-order valence-electron chi connectivity index (χ2n) is 6.75. The minimum Gasteiger partial charge on any atom is -0.390 e. The molecule has 0 amide bonds. The van der Waals surface area contributed by atoms with Gasteiger partial charge in [-0.3, -0.25) is 4.98 Å². The first kappa shape index (κ1) is 14.6. The summed E-state index contributed by atoms with van der Waals surface area (Å²) in [4.78, 5) is 13.3. The quantitative estimate of drug-likeness (QED) is 0.921. The highest BCUT2D eigenvalue weighted by Gasteiger charge is 2.48. The van der Waals surface area contributed by atoms with Crippen molar-refractivity contribution in [2.45, 2.75) is 38.2 Å². The number of fused-ring (bicyclic) bond motifs is 1. The van der Waals surface area contributed by atoms with Crippen molar-refractivity contribution >= 4 is 11.6 Å². The van der Waals surface area contributed by atoms with Crippen LogP contribution in [0.25, 0.3) is 0 Å². The van der Waals surface area contributed by atoms with Gasteiger partial charge in [0.1, 0.15) is 11.6 Å². The van der Waals surface area contributed by atoms with Crippen LogP contribution in [0.2, 0.25) is 0 Å². The molecule has 1 aliphatic heterocycles. The van der Waals surface area contributed by atoms with Crippen molar-refractivity contribution in [3.8, 4) is 0 Å². The molecule has 1 aromatic heterocycles. The van der Waals surface area contributed by atoms with Gasteiger partial charge in [-0.1, -0.05) is 13.3 Å². The third-order valence-electron chi connectivity index (χ3n) is 5.32. The Hall–Kier alpha value is -1.36. The summed E-state index contributed by atoms with van der Waals surface area (Å²) in [5.41, 5.74) is -0.482. The van der Waals surface area contributed by atoms with E-state index in [1.807, 2.05) is 25.2 Å². The highest BCUT2D eigenvalue weighted by Crippen LogP contribution is 2.45. The Bertz CT molecular complexity index is 507. The van der Waals surface area contributed by atoms with E-state index >= 15 is 0 Å². The molecule has 1 N–H and O–H groups in total. The van der Waals surface area contributed by atoms with E-state index in [1.165, 1.54) is 6.42 Å². The van der Waals surface area contributed by atoms with Gasteiger partial charge in [-0.25, -0.2) is 4.98 Å². The van der Waals surface area contributed by atoms with Crippen molar-refractivity contribution in [3.63, 3.8) is 0 Å². The zero-order valence-corrected chi connectivity index (χ0v) is 13.3. The molecule has 5 nitrogen and oxygen atoms in total. The van der Waals surface area contributed by atoms with Crippen molar-refractivity contribution in [2.24, 2.45) is 11.8 Å². The molecule has 0 aromatic carbocycles. The van der Waals surface area contributed by atoms with Crippen molar-refractivity contribution < 1.29 is 5.11 Å². The summed E-state index contributed by atoms with van der Waals surface area (Å²) in [6.45, 7) is 4.01. The fraction of sp³-hybridized carbons (Fsp3) is 0.750. The highest BCUT2D eigenvalue weighted by molar-refractivity contribution is 5.46. The summed E-state index contributed by atoms with van der Waals surface area (Å²) >= 11 is 0. The maximum absolute atomic E-state index is 10.9. The van der Waals surface area contributed by atoms with E-state index in [2.05, 4.69) is 16.8 Å². The van der Waals surface area contributed by atoms with Crippen LogP contribution >= 0.6 is 0 Å². The summed E-state index contributed by atoms with van der Waals surface area (Å²) in [5.74, 6) is 2.79. The molecule has 3 rings (SSSR count). The molecule has 0 bridgehead atoms. The fourth-order valence-electron chi connectivity index (χ4n) is 3.97. The van der Waals surface area contributed by atoms with E-state index in [4.69, 9.17) is 4.98 Å². The molecule has 0 unspecified atom stereocenters. The second-order valence-corrected chi connectivity index (χ2v) is 6.75. The maximum atomic E-state index is 10.9. The smallest absolute Gasteiger partial charge is 0.149 e. The van der Waals surface area contributed by atoms with Gasteiger partial charge >= 0.3 is 0 Å². The minimum atomic E-state index is -0.482. The number of nitrogens with zero attached hydrogens (tertiary/aromatic N) is 4. The number of aliphatic hydroxyl groups is 1. The predicted molar refractivity (Wildman–Crippen MR) is 84.6 cm³/mol. The molecule has 2 heterocycles. The predicted octanol–water partition coefficient (Wildman–Crippen LogP) is 1.92. The Labute approximate surface area is 127 Å². The van der Waals surface area contributed by atoms with Gasteiger partial charge in [0.2, 0.25) is 0 Å². The monoisotopic (exact) mass is 290 g/mol. The van der Waals surface area contributed by atoms with Crippen LogP contribution in [-0.4, -0.2) is 47.9 Å². The zero-order valence-electron chi connectivity index (χ0n) is 13.3. The molecule has 1 aliphatic carbocycles. The van der Waals surface area contributed by atoms with Crippen LogP contribution in [0.3, 0.4) is 0 Å². The van der Waals surface area contributed by atoms with Gasteiger partial charge in [0.15, 0.2) is 0 Å². The van der Waals surface area contributed by atoms with Gasteiger partial charge in [-0.15, -0.1) is 0 Å². The third kappa shape index (κ3) is 2.59. The number of anilines is 2. The zero-order chi connectivity index (χ0) is 15.0. The third-order valence-corrected chi connectivity index (χ3v) is 5.32. The molecular formula is C16H26N4O. The Morgan fingerprint density at radius 1 is 1.38 bits per heavy atom. The first-order valence-corrected chi connectivity index (χ1v) is 8.00. The standard InChI is InChI=1S/C16H26N4O/c1-4-16(21)7-5-6-12-10-20(11-13(12)16)15-9-17-8-14(18-15)19(2)3/h8-9,12-13,21H,4-7,10-11H2,1-3H3/t12-,13+,16-/m1/s1. The minimum absolute atomic E-state index is 0.376. The molecule has 21 heavy (non-hydrogen) atoms. The molecule has 1 saturated heterocycles. The number of aromatic nitrogens is 2. The van der Waals surface area contributed by atoms with Crippen molar-refractivity contribution in [1.29, 1.82) is 0 Å². The van der Waals surface area contributed by atoms with E-state index in [-0.39, 0.29) is 0 Å². The SMILES string of the molecule is CC[C@@]1(O)CCC[C@@H]2CN(c3cncc(N(C)C)n3)C[C@@H]21. The Morgan fingerprint density at radius 2 is 2.19 bits per heavy atom. The van der Waals surface area contributed by atoms with Crippen LogP contribution in [0.15, 0.2) is 12.4 Å². The summed E-state index contributed by atoms with van der Waals surface area (Å²) in [6, 6.07) is 0. The normalized spacial score (nSPS) is 32.1. The molecule has 0 spiro atoms. The van der Waals surface area contributed by atoms with E-state index in [1.54, 1.807) is 6.20 Å².